The van der Waals surface area contributed by atoms with Crippen LogP contribution in [-0.4, -0.2) is 23.7 Å². The van der Waals surface area contributed by atoms with Gasteiger partial charge in [-0.25, -0.2) is 0 Å². The lowest BCUT2D eigenvalue weighted by molar-refractivity contribution is -0.111. The van der Waals surface area contributed by atoms with Crippen molar-refractivity contribution in [2.24, 2.45) is 11.5 Å². The third-order valence-electron chi connectivity index (χ3n) is 3.57. The fourth-order valence-corrected chi connectivity index (χ4v) is 2.29. The standard InChI is InChI=1S/C19H21N5O/c20-9-7-14-1-4-17(5-2-14)24-19(25)6-3-15-13-23-10-8-18(15)16(11-21)12-22/h1-6,8,10-13,21H,7,9,20,22H2,(H,24,25)/b6-3+,16-12?,21-11?. The molecule has 0 fully saturated rings. The molecule has 2 aromatic rings. The number of rotatable bonds is 7. The number of anilines is 1. The molecule has 0 aliphatic rings. The second kappa shape index (κ2) is 9.14. The summed E-state index contributed by atoms with van der Waals surface area (Å²) in [5, 5.41) is 10.2. The molecule has 0 unspecified atom stereocenters. The summed E-state index contributed by atoms with van der Waals surface area (Å²) in [7, 11) is 0. The molecule has 0 aliphatic heterocycles. The summed E-state index contributed by atoms with van der Waals surface area (Å²) in [4.78, 5) is 16.1. The van der Waals surface area contributed by atoms with Crippen molar-refractivity contribution >= 4 is 29.5 Å². The van der Waals surface area contributed by atoms with Crippen molar-refractivity contribution in [1.82, 2.24) is 4.98 Å². The summed E-state index contributed by atoms with van der Waals surface area (Å²) in [5.41, 5.74) is 14.9. The third kappa shape index (κ3) is 5.12. The minimum absolute atomic E-state index is 0.255. The fourth-order valence-electron chi connectivity index (χ4n) is 2.29. The van der Waals surface area contributed by atoms with Crippen molar-refractivity contribution in [3.05, 3.63) is 71.7 Å². The molecule has 0 atom stereocenters. The van der Waals surface area contributed by atoms with Crippen molar-refractivity contribution in [2.75, 3.05) is 11.9 Å². The Morgan fingerprint density at radius 1 is 1.24 bits per heavy atom. The number of amides is 1. The first-order chi connectivity index (χ1) is 12.2. The molecule has 6 nitrogen and oxygen atoms in total. The monoisotopic (exact) mass is 335 g/mol. The van der Waals surface area contributed by atoms with Crippen LogP contribution in [0.4, 0.5) is 5.69 Å². The van der Waals surface area contributed by atoms with Crippen LogP contribution in [-0.2, 0) is 11.2 Å². The van der Waals surface area contributed by atoms with Gasteiger partial charge in [-0.1, -0.05) is 12.1 Å². The number of carbonyl (C=O) groups excluding carboxylic acids is 1. The lowest BCUT2D eigenvalue weighted by Gasteiger charge is -2.06. The number of pyridine rings is 1. The minimum Gasteiger partial charge on any atom is -0.404 e. The molecular formula is C19H21N5O. The maximum absolute atomic E-state index is 12.1. The maximum atomic E-state index is 12.1. The van der Waals surface area contributed by atoms with Gasteiger partial charge in [-0.2, -0.15) is 0 Å². The average molecular weight is 335 g/mol. The molecule has 25 heavy (non-hydrogen) atoms. The zero-order valence-electron chi connectivity index (χ0n) is 13.8. The summed E-state index contributed by atoms with van der Waals surface area (Å²) in [6.45, 7) is 0.594. The summed E-state index contributed by atoms with van der Waals surface area (Å²) in [6.07, 6.45) is 9.62. The summed E-state index contributed by atoms with van der Waals surface area (Å²) in [5.74, 6) is -0.255. The minimum atomic E-state index is -0.255. The van der Waals surface area contributed by atoms with Gasteiger partial charge in [-0.3, -0.25) is 9.78 Å². The van der Waals surface area contributed by atoms with Crippen molar-refractivity contribution in [2.45, 2.75) is 6.42 Å². The van der Waals surface area contributed by atoms with Crippen LogP contribution >= 0.6 is 0 Å². The van der Waals surface area contributed by atoms with Crippen LogP contribution in [0.1, 0.15) is 16.7 Å². The van der Waals surface area contributed by atoms with Gasteiger partial charge in [0.2, 0.25) is 5.91 Å². The molecule has 6 heteroatoms. The zero-order valence-corrected chi connectivity index (χ0v) is 13.8. The zero-order chi connectivity index (χ0) is 18.1. The summed E-state index contributed by atoms with van der Waals surface area (Å²) < 4.78 is 0. The quantitative estimate of drug-likeness (QED) is 0.458. The van der Waals surface area contributed by atoms with Gasteiger partial charge in [0.25, 0.3) is 0 Å². The van der Waals surface area contributed by atoms with Gasteiger partial charge < -0.3 is 22.2 Å². The fraction of sp³-hybridized carbons (Fsp3) is 0.105. The van der Waals surface area contributed by atoms with E-state index in [1.165, 1.54) is 12.3 Å². The van der Waals surface area contributed by atoms with E-state index >= 15 is 0 Å². The van der Waals surface area contributed by atoms with Gasteiger partial charge in [0.1, 0.15) is 0 Å². The van der Waals surface area contributed by atoms with Crippen LogP contribution in [0, 0.1) is 5.41 Å². The van der Waals surface area contributed by atoms with E-state index in [4.69, 9.17) is 16.9 Å². The molecule has 0 aliphatic carbocycles. The van der Waals surface area contributed by atoms with E-state index in [0.717, 1.165) is 23.8 Å². The predicted molar refractivity (Wildman–Crippen MR) is 102 cm³/mol. The molecule has 0 bridgehead atoms. The molecule has 1 heterocycles. The molecule has 2 rings (SSSR count). The van der Waals surface area contributed by atoms with Gasteiger partial charge in [0.15, 0.2) is 0 Å². The first-order valence-corrected chi connectivity index (χ1v) is 7.82. The van der Waals surface area contributed by atoms with E-state index < -0.39 is 0 Å². The highest BCUT2D eigenvalue weighted by atomic mass is 16.1. The van der Waals surface area contributed by atoms with Crippen molar-refractivity contribution < 1.29 is 4.79 Å². The Morgan fingerprint density at radius 2 is 2.00 bits per heavy atom. The van der Waals surface area contributed by atoms with Crippen LogP contribution < -0.4 is 16.8 Å². The van der Waals surface area contributed by atoms with E-state index in [-0.39, 0.29) is 5.91 Å². The maximum Gasteiger partial charge on any atom is 0.248 e. The van der Waals surface area contributed by atoms with Crippen LogP contribution in [0.25, 0.3) is 11.6 Å². The second-order valence-corrected chi connectivity index (χ2v) is 5.29. The molecule has 1 amide bonds. The van der Waals surface area contributed by atoms with Crippen molar-refractivity contribution in [3.8, 4) is 0 Å². The Bertz CT molecular complexity index is 794. The molecule has 0 saturated carbocycles. The number of nitrogens with zero attached hydrogens (tertiary/aromatic N) is 1. The highest BCUT2D eigenvalue weighted by Crippen LogP contribution is 2.17. The van der Waals surface area contributed by atoms with Crippen LogP contribution in [0.2, 0.25) is 0 Å². The van der Waals surface area contributed by atoms with Crippen LogP contribution in [0.15, 0.2) is 55.0 Å². The lowest BCUT2D eigenvalue weighted by Crippen LogP contribution is -2.08. The largest absolute Gasteiger partial charge is 0.404 e. The van der Waals surface area contributed by atoms with Gasteiger partial charge in [-0.05, 0) is 48.4 Å². The van der Waals surface area contributed by atoms with Crippen molar-refractivity contribution in [1.29, 1.82) is 5.41 Å². The van der Waals surface area contributed by atoms with Crippen LogP contribution in [0.5, 0.6) is 0 Å². The Labute approximate surface area is 146 Å². The number of hydrogen-bond donors (Lipinski definition) is 4. The molecule has 6 N–H and O–H groups in total. The normalized spacial score (nSPS) is 11.5. The molecule has 0 radical (unpaired) electrons. The number of carbonyl (C=O) groups is 1. The number of hydrogen-bond acceptors (Lipinski definition) is 5. The van der Waals surface area contributed by atoms with Gasteiger partial charge in [0.05, 0.1) is 0 Å². The Balaban J connectivity index is 2.09. The van der Waals surface area contributed by atoms with Gasteiger partial charge in [0, 0.05) is 47.7 Å². The second-order valence-electron chi connectivity index (χ2n) is 5.29. The van der Waals surface area contributed by atoms with E-state index in [1.54, 1.807) is 24.5 Å². The van der Waals surface area contributed by atoms with Gasteiger partial charge in [-0.15, -0.1) is 0 Å². The molecule has 0 spiro atoms. The van der Waals surface area contributed by atoms with Gasteiger partial charge >= 0.3 is 0 Å². The number of nitrogens with two attached hydrogens (primary N) is 2. The Hall–Kier alpha value is -3.25. The molecule has 1 aromatic carbocycles. The highest BCUT2D eigenvalue weighted by molar-refractivity contribution is 6.10. The topological polar surface area (TPSA) is 118 Å². The Kier molecular flexibility index (Phi) is 6.62. The Morgan fingerprint density at radius 3 is 2.64 bits per heavy atom. The number of aromatic nitrogens is 1. The van der Waals surface area contributed by atoms with E-state index in [1.807, 2.05) is 24.3 Å². The number of benzene rings is 1. The van der Waals surface area contributed by atoms with E-state index in [0.29, 0.717) is 23.4 Å². The molecular weight excluding hydrogens is 314 g/mol. The molecule has 0 saturated heterocycles. The van der Waals surface area contributed by atoms with Crippen LogP contribution in [0.3, 0.4) is 0 Å². The van der Waals surface area contributed by atoms with E-state index in [2.05, 4.69) is 10.3 Å². The first kappa shape index (κ1) is 18.1. The van der Waals surface area contributed by atoms with E-state index in [9.17, 15) is 4.79 Å². The van der Waals surface area contributed by atoms with Crippen molar-refractivity contribution in [3.63, 3.8) is 0 Å². The first-order valence-electron chi connectivity index (χ1n) is 7.82. The molecule has 1 aromatic heterocycles. The predicted octanol–water partition coefficient (Wildman–Crippen LogP) is 2.18. The average Bonchev–Trinajstić information content (AvgIpc) is 2.64. The smallest absolute Gasteiger partial charge is 0.248 e. The number of allylic oxidation sites excluding steroid dienone is 1. The SMILES string of the molecule is N=CC(=CN)c1ccncc1/C=C/C(=O)Nc1ccc(CCN)cc1. The highest BCUT2D eigenvalue weighted by Gasteiger charge is 2.04. The summed E-state index contributed by atoms with van der Waals surface area (Å²) >= 11 is 0. The third-order valence-corrected chi connectivity index (χ3v) is 3.57. The summed E-state index contributed by atoms with van der Waals surface area (Å²) in [6, 6.07) is 9.31. The number of nitrogens with one attached hydrogen (secondary N) is 2. The molecule has 128 valence electrons. The lowest BCUT2D eigenvalue weighted by atomic mass is 10.0.